The van der Waals surface area contributed by atoms with Crippen LogP contribution in [0.25, 0.3) is 0 Å². The largest absolute Gasteiger partial charge is 0.504 e. The zero-order valence-corrected chi connectivity index (χ0v) is 16.6. The number of phenolic OH excluding ortho intramolecular Hbond substituents is 8. The highest BCUT2D eigenvalue weighted by molar-refractivity contribution is 5.91. The van der Waals surface area contributed by atoms with E-state index in [1.165, 1.54) is 6.07 Å². The number of hydrogen-bond acceptors (Lipinski definition) is 11. The Morgan fingerprint density at radius 3 is 1.82 bits per heavy atom. The van der Waals surface area contributed by atoms with Crippen molar-refractivity contribution in [3.05, 3.63) is 53.1 Å². The van der Waals surface area contributed by atoms with Crippen LogP contribution in [0.4, 0.5) is 0 Å². The van der Waals surface area contributed by atoms with Gasteiger partial charge in [0.1, 0.15) is 11.9 Å². The SMILES string of the molecule is O=C(OC1Cc2cc(O)c(O)cc2OC1c1cc(O)c(O)c(O)c1)c1cc(O)c(O)c(O)c1. The van der Waals surface area contributed by atoms with Crippen LogP contribution in [0.1, 0.15) is 27.6 Å². The molecule has 172 valence electrons. The zero-order chi connectivity index (χ0) is 24.0. The Balaban J connectivity index is 1.74. The van der Waals surface area contributed by atoms with E-state index in [4.69, 9.17) is 9.47 Å². The van der Waals surface area contributed by atoms with Crippen LogP contribution in [0.3, 0.4) is 0 Å². The first-order chi connectivity index (χ1) is 15.5. The van der Waals surface area contributed by atoms with Crippen LogP contribution < -0.4 is 4.74 Å². The molecule has 0 saturated heterocycles. The average molecular weight is 458 g/mol. The Labute approximate surface area is 185 Å². The second-order valence-corrected chi connectivity index (χ2v) is 7.41. The van der Waals surface area contributed by atoms with Gasteiger partial charge in [-0.3, -0.25) is 0 Å². The van der Waals surface area contributed by atoms with E-state index < -0.39 is 64.2 Å². The van der Waals surface area contributed by atoms with Gasteiger partial charge >= 0.3 is 5.97 Å². The maximum atomic E-state index is 12.7. The van der Waals surface area contributed by atoms with E-state index in [-0.39, 0.29) is 23.3 Å². The Bertz CT molecular complexity index is 1220. The van der Waals surface area contributed by atoms with Crippen molar-refractivity contribution in [3.8, 4) is 51.7 Å². The smallest absolute Gasteiger partial charge is 0.338 e. The Hall–Kier alpha value is -4.67. The van der Waals surface area contributed by atoms with Gasteiger partial charge in [-0.05, 0) is 30.3 Å². The van der Waals surface area contributed by atoms with Crippen molar-refractivity contribution in [2.75, 3.05) is 0 Å². The lowest BCUT2D eigenvalue weighted by Gasteiger charge is -2.34. The molecule has 0 radical (unpaired) electrons. The Morgan fingerprint density at radius 2 is 1.24 bits per heavy atom. The number of carbonyl (C=O) groups is 1. The molecule has 1 aliphatic rings. The van der Waals surface area contributed by atoms with Crippen LogP contribution in [0, 0.1) is 0 Å². The summed E-state index contributed by atoms with van der Waals surface area (Å²) in [6.45, 7) is 0. The molecular formula is C22H18O11. The molecule has 0 saturated carbocycles. The first-order valence-electron chi connectivity index (χ1n) is 9.47. The van der Waals surface area contributed by atoms with Crippen molar-refractivity contribution >= 4 is 5.97 Å². The number of fused-ring (bicyclic) bond motifs is 1. The molecule has 0 spiro atoms. The van der Waals surface area contributed by atoms with Crippen LogP contribution in [0.2, 0.25) is 0 Å². The molecule has 11 nitrogen and oxygen atoms in total. The van der Waals surface area contributed by atoms with Gasteiger partial charge in [0.05, 0.1) is 5.56 Å². The summed E-state index contributed by atoms with van der Waals surface area (Å²) in [5, 5.41) is 77.8. The fourth-order valence-electron chi connectivity index (χ4n) is 3.51. The summed E-state index contributed by atoms with van der Waals surface area (Å²) in [6.07, 6.45) is -2.32. The standard InChI is InChI=1S/C22H18O11/c23-11-1-8-6-18(33-22(31)10-4-15(27)20(30)16(28)5-10)21(32-17(8)7-12(11)24)9-2-13(25)19(29)14(26)3-9/h1-5,7,18,21,23-30H,6H2. The molecule has 3 aromatic carbocycles. The van der Waals surface area contributed by atoms with Gasteiger partial charge in [0, 0.05) is 23.6 Å². The molecule has 0 aromatic heterocycles. The van der Waals surface area contributed by atoms with Gasteiger partial charge in [0.25, 0.3) is 0 Å². The lowest BCUT2D eigenvalue weighted by Crippen LogP contribution is -2.34. The van der Waals surface area contributed by atoms with Crippen LogP contribution in [0.5, 0.6) is 51.7 Å². The number of ether oxygens (including phenoxy) is 2. The van der Waals surface area contributed by atoms with Gasteiger partial charge in [-0.15, -0.1) is 0 Å². The number of carbonyl (C=O) groups excluding carboxylic acids is 1. The average Bonchev–Trinajstić information content (AvgIpc) is 2.75. The first kappa shape index (κ1) is 21.6. The quantitative estimate of drug-likeness (QED) is 0.212. The van der Waals surface area contributed by atoms with Crippen LogP contribution in [-0.4, -0.2) is 52.9 Å². The zero-order valence-electron chi connectivity index (χ0n) is 16.6. The summed E-state index contributed by atoms with van der Waals surface area (Å²) in [6, 6.07) is 6.30. The molecule has 8 N–H and O–H groups in total. The fourth-order valence-corrected chi connectivity index (χ4v) is 3.51. The van der Waals surface area contributed by atoms with Crippen molar-refractivity contribution in [2.45, 2.75) is 18.6 Å². The van der Waals surface area contributed by atoms with E-state index in [1.807, 2.05) is 0 Å². The van der Waals surface area contributed by atoms with E-state index in [2.05, 4.69) is 0 Å². The van der Waals surface area contributed by atoms with E-state index in [1.54, 1.807) is 0 Å². The third-order valence-corrected chi connectivity index (χ3v) is 5.15. The van der Waals surface area contributed by atoms with E-state index in [0.29, 0.717) is 5.56 Å². The molecule has 2 unspecified atom stereocenters. The molecular weight excluding hydrogens is 440 g/mol. The fraction of sp³-hybridized carbons (Fsp3) is 0.136. The molecule has 4 rings (SSSR count). The van der Waals surface area contributed by atoms with Gasteiger partial charge in [0.2, 0.25) is 0 Å². The Morgan fingerprint density at radius 1 is 0.727 bits per heavy atom. The number of hydrogen-bond donors (Lipinski definition) is 8. The highest BCUT2D eigenvalue weighted by Gasteiger charge is 2.36. The first-order valence-corrected chi connectivity index (χ1v) is 9.47. The van der Waals surface area contributed by atoms with Crippen molar-refractivity contribution in [1.29, 1.82) is 0 Å². The van der Waals surface area contributed by atoms with Crippen LogP contribution >= 0.6 is 0 Å². The summed E-state index contributed by atoms with van der Waals surface area (Å²) in [4.78, 5) is 12.7. The number of phenols is 8. The molecule has 1 aliphatic heterocycles. The van der Waals surface area contributed by atoms with Gasteiger partial charge in [-0.25, -0.2) is 4.79 Å². The summed E-state index contributed by atoms with van der Waals surface area (Å²) in [5.41, 5.74) is 0.176. The summed E-state index contributed by atoms with van der Waals surface area (Å²) in [5.74, 6) is -6.19. The number of aromatic hydroxyl groups is 8. The normalized spacial score (nSPS) is 17.1. The molecule has 0 amide bonds. The van der Waals surface area contributed by atoms with Crippen molar-refractivity contribution in [2.24, 2.45) is 0 Å². The van der Waals surface area contributed by atoms with Crippen molar-refractivity contribution < 1.29 is 55.1 Å². The minimum Gasteiger partial charge on any atom is -0.504 e. The molecule has 33 heavy (non-hydrogen) atoms. The minimum atomic E-state index is -1.15. The summed E-state index contributed by atoms with van der Waals surface area (Å²) < 4.78 is 11.3. The number of esters is 1. The molecule has 3 aromatic rings. The topological polar surface area (TPSA) is 197 Å². The predicted octanol–water partition coefficient (Wildman–Crippen LogP) is 2.23. The molecule has 0 fully saturated rings. The predicted molar refractivity (Wildman–Crippen MR) is 109 cm³/mol. The molecule has 1 heterocycles. The number of rotatable bonds is 3. The minimum absolute atomic E-state index is 0.0436. The van der Waals surface area contributed by atoms with Gasteiger partial charge < -0.3 is 50.3 Å². The lowest BCUT2D eigenvalue weighted by atomic mass is 9.93. The molecule has 11 heteroatoms. The van der Waals surface area contributed by atoms with Crippen molar-refractivity contribution in [3.63, 3.8) is 0 Å². The Kier molecular flexibility index (Phi) is 5.09. The highest BCUT2D eigenvalue weighted by atomic mass is 16.6. The van der Waals surface area contributed by atoms with Gasteiger partial charge in [-0.2, -0.15) is 0 Å². The number of benzene rings is 3. The maximum absolute atomic E-state index is 12.7. The van der Waals surface area contributed by atoms with E-state index in [9.17, 15) is 45.6 Å². The van der Waals surface area contributed by atoms with Gasteiger partial charge in [-0.1, -0.05) is 0 Å². The summed E-state index contributed by atoms with van der Waals surface area (Å²) >= 11 is 0. The monoisotopic (exact) mass is 458 g/mol. The third-order valence-electron chi connectivity index (χ3n) is 5.15. The van der Waals surface area contributed by atoms with Crippen LogP contribution in [-0.2, 0) is 11.2 Å². The van der Waals surface area contributed by atoms with Crippen molar-refractivity contribution in [1.82, 2.24) is 0 Å². The van der Waals surface area contributed by atoms with E-state index >= 15 is 0 Å². The van der Waals surface area contributed by atoms with Gasteiger partial charge in [0.15, 0.2) is 52.1 Å². The second-order valence-electron chi connectivity index (χ2n) is 7.41. The van der Waals surface area contributed by atoms with Crippen LogP contribution in [0.15, 0.2) is 36.4 Å². The van der Waals surface area contributed by atoms with E-state index in [0.717, 1.165) is 30.3 Å². The second kappa shape index (κ2) is 7.79. The third kappa shape index (κ3) is 3.87. The summed E-state index contributed by atoms with van der Waals surface area (Å²) in [7, 11) is 0. The molecule has 0 bridgehead atoms. The maximum Gasteiger partial charge on any atom is 0.338 e. The lowest BCUT2D eigenvalue weighted by molar-refractivity contribution is -0.0185. The highest BCUT2D eigenvalue weighted by Crippen LogP contribution is 2.45. The molecule has 0 aliphatic carbocycles. The molecule has 2 atom stereocenters.